The van der Waals surface area contributed by atoms with E-state index in [0.29, 0.717) is 0 Å². The zero-order valence-corrected chi connectivity index (χ0v) is 12.7. The average molecular weight is 247 g/mol. The lowest BCUT2D eigenvalue weighted by Gasteiger charge is -2.30. The highest BCUT2D eigenvalue weighted by Crippen LogP contribution is 2.30. The molecule has 0 spiro atoms. The molecule has 18 heavy (non-hydrogen) atoms. The van der Waals surface area contributed by atoms with Crippen molar-refractivity contribution in [1.29, 1.82) is 0 Å². The van der Waals surface area contributed by atoms with E-state index in [1.165, 1.54) is 11.1 Å². The summed E-state index contributed by atoms with van der Waals surface area (Å²) in [6.45, 7) is 12.0. The van der Waals surface area contributed by atoms with Crippen molar-refractivity contribution in [3.05, 3.63) is 35.4 Å². The van der Waals surface area contributed by atoms with Crippen LogP contribution in [0.4, 0.5) is 0 Å². The van der Waals surface area contributed by atoms with Crippen LogP contribution in [0.2, 0.25) is 0 Å². The van der Waals surface area contributed by atoms with Gasteiger partial charge in [0.05, 0.1) is 0 Å². The summed E-state index contributed by atoms with van der Waals surface area (Å²) >= 11 is 0. The van der Waals surface area contributed by atoms with E-state index in [4.69, 9.17) is 5.73 Å². The first kappa shape index (κ1) is 15.2. The second-order valence-electron chi connectivity index (χ2n) is 6.53. The van der Waals surface area contributed by atoms with E-state index >= 15 is 0 Å². The third kappa shape index (κ3) is 3.58. The molecule has 0 aromatic heterocycles. The number of hydrogen-bond acceptors (Lipinski definition) is 1. The largest absolute Gasteiger partial charge is 0.330 e. The minimum Gasteiger partial charge on any atom is -0.330 e. The number of benzene rings is 1. The summed E-state index contributed by atoms with van der Waals surface area (Å²) in [6.07, 6.45) is 3.41. The first-order valence-electron chi connectivity index (χ1n) is 7.16. The van der Waals surface area contributed by atoms with E-state index in [2.05, 4.69) is 58.9 Å². The molecule has 1 aromatic carbocycles. The van der Waals surface area contributed by atoms with Crippen LogP contribution in [0.15, 0.2) is 24.3 Å². The van der Waals surface area contributed by atoms with Gasteiger partial charge in [0.1, 0.15) is 0 Å². The van der Waals surface area contributed by atoms with Crippen molar-refractivity contribution >= 4 is 0 Å². The van der Waals surface area contributed by atoms with Gasteiger partial charge >= 0.3 is 0 Å². The molecule has 0 amide bonds. The molecule has 0 unspecified atom stereocenters. The monoisotopic (exact) mass is 247 g/mol. The summed E-state index contributed by atoms with van der Waals surface area (Å²) in [5.74, 6) is 0. The van der Waals surface area contributed by atoms with E-state index in [1.807, 2.05) is 0 Å². The maximum absolute atomic E-state index is 5.98. The smallest absolute Gasteiger partial charge is 0.00175 e. The highest BCUT2D eigenvalue weighted by atomic mass is 14.6. The van der Waals surface area contributed by atoms with E-state index in [0.717, 1.165) is 25.8 Å². The summed E-state index contributed by atoms with van der Waals surface area (Å²) in [7, 11) is 0. The third-order valence-corrected chi connectivity index (χ3v) is 4.33. The zero-order chi connectivity index (χ0) is 13.8. The Bertz CT molecular complexity index is 344. The predicted octanol–water partition coefficient (Wildman–Crippen LogP) is 4.29. The first-order chi connectivity index (χ1) is 8.37. The van der Waals surface area contributed by atoms with Crippen molar-refractivity contribution in [2.75, 3.05) is 6.54 Å². The van der Waals surface area contributed by atoms with Crippen LogP contribution < -0.4 is 5.73 Å². The zero-order valence-electron chi connectivity index (χ0n) is 12.7. The van der Waals surface area contributed by atoms with Gasteiger partial charge in [-0.15, -0.1) is 0 Å². The lowest BCUT2D eigenvalue weighted by Crippen LogP contribution is -2.31. The fourth-order valence-corrected chi connectivity index (χ4v) is 2.42. The van der Waals surface area contributed by atoms with Crippen LogP contribution in [0, 0.1) is 5.41 Å². The Morgan fingerprint density at radius 2 is 1.44 bits per heavy atom. The molecule has 0 heterocycles. The van der Waals surface area contributed by atoms with Crippen molar-refractivity contribution in [1.82, 2.24) is 0 Å². The van der Waals surface area contributed by atoms with Crippen LogP contribution in [-0.4, -0.2) is 6.54 Å². The molecule has 2 N–H and O–H groups in total. The van der Waals surface area contributed by atoms with Gasteiger partial charge < -0.3 is 5.73 Å². The van der Waals surface area contributed by atoms with Crippen molar-refractivity contribution in [3.8, 4) is 0 Å². The minimum atomic E-state index is 0.235. The third-order valence-electron chi connectivity index (χ3n) is 4.33. The molecule has 0 aliphatic rings. The second-order valence-corrected chi connectivity index (χ2v) is 6.53. The Morgan fingerprint density at radius 3 is 1.78 bits per heavy atom. The standard InChI is InChI=1S/C17H29N/c1-6-17(7-2,13-18)12-14-8-10-15(11-9-14)16(3,4)5/h8-11H,6-7,12-13,18H2,1-5H3. The minimum absolute atomic E-state index is 0.235. The predicted molar refractivity (Wildman–Crippen MR) is 80.9 cm³/mol. The van der Waals surface area contributed by atoms with Gasteiger partial charge in [0.15, 0.2) is 0 Å². The fourth-order valence-electron chi connectivity index (χ4n) is 2.42. The van der Waals surface area contributed by atoms with Crippen LogP contribution in [0.5, 0.6) is 0 Å². The van der Waals surface area contributed by atoms with Crippen LogP contribution >= 0.6 is 0 Å². The van der Waals surface area contributed by atoms with Gasteiger partial charge in [-0.05, 0) is 47.8 Å². The van der Waals surface area contributed by atoms with Gasteiger partial charge in [-0.2, -0.15) is 0 Å². The van der Waals surface area contributed by atoms with Gasteiger partial charge in [-0.25, -0.2) is 0 Å². The van der Waals surface area contributed by atoms with Crippen molar-refractivity contribution in [3.63, 3.8) is 0 Å². The van der Waals surface area contributed by atoms with Crippen LogP contribution in [0.3, 0.4) is 0 Å². The van der Waals surface area contributed by atoms with Crippen LogP contribution in [-0.2, 0) is 11.8 Å². The summed E-state index contributed by atoms with van der Waals surface area (Å²) in [6, 6.07) is 9.08. The molecule has 0 bridgehead atoms. The lowest BCUT2D eigenvalue weighted by molar-refractivity contribution is 0.271. The SMILES string of the molecule is CCC(CC)(CN)Cc1ccc(C(C)(C)C)cc1. The molecule has 0 aliphatic heterocycles. The molecule has 0 saturated heterocycles. The lowest BCUT2D eigenvalue weighted by atomic mass is 9.76. The molecule has 0 radical (unpaired) electrons. The number of rotatable bonds is 5. The van der Waals surface area contributed by atoms with Gasteiger partial charge in [-0.3, -0.25) is 0 Å². The highest BCUT2D eigenvalue weighted by Gasteiger charge is 2.24. The maximum atomic E-state index is 5.98. The normalized spacial score (nSPS) is 12.8. The van der Waals surface area contributed by atoms with Crippen molar-refractivity contribution in [2.24, 2.45) is 11.1 Å². The summed E-state index contributed by atoms with van der Waals surface area (Å²) in [5, 5.41) is 0. The molecule has 1 rings (SSSR count). The number of nitrogens with two attached hydrogens (primary N) is 1. The van der Waals surface area contributed by atoms with Crippen molar-refractivity contribution in [2.45, 2.75) is 59.3 Å². The Hall–Kier alpha value is -0.820. The Morgan fingerprint density at radius 1 is 0.944 bits per heavy atom. The molecule has 0 aliphatic carbocycles. The molecule has 1 aromatic rings. The molecular weight excluding hydrogens is 218 g/mol. The Kier molecular flexibility index (Phi) is 4.98. The fraction of sp³-hybridized carbons (Fsp3) is 0.647. The maximum Gasteiger partial charge on any atom is -0.00175 e. The van der Waals surface area contributed by atoms with Crippen LogP contribution in [0.25, 0.3) is 0 Å². The van der Waals surface area contributed by atoms with E-state index in [9.17, 15) is 0 Å². The highest BCUT2D eigenvalue weighted by molar-refractivity contribution is 5.28. The van der Waals surface area contributed by atoms with Gasteiger partial charge in [-0.1, -0.05) is 58.9 Å². The summed E-state index contributed by atoms with van der Waals surface area (Å²) in [4.78, 5) is 0. The molecule has 0 saturated carbocycles. The molecule has 0 atom stereocenters. The van der Waals surface area contributed by atoms with E-state index < -0.39 is 0 Å². The quantitative estimate of drug-likeness (QED) is 0.825. The van der Waals surface area contributed by atoms with Crippen molar-refractivity contribution < 1.29 is 0 Å². The van der Waals surface area contributed by atoms with E-state index in [-0.39, 0.29) is 10.8 Å². The van der Waals surface area contributed by atoms with E-state index in [1.54, 1.807) is 0 Å². The molecule has 1 nitrogen and oxygen atoms in total. The summed E-state index contributed by atoms with van der Waals surface area (Å²) < 4.78 is 0. The first-order valence-corrected chi connectivity index (χ1v) is 7.16. The molecular formula is C17H29N. The van der Waals surface area contributed by atoms with Gasteiger partial charge in [0.2, 0.25) is 0 Å². The number of hydrogen-bond donors (Lipinski definition) is 1. The molecule has 0 fully saturated rings. The molecule has 102 valence electrons. The van der Waals surface area contributed by atoms with Gasteiger partial charge in [0, 0.05) is 0 Å². The average Bonchev–Trinajstić information content (AvgIpc) is 2.36. The van der Waals surface area contributed by atoms with Gasteiger partial charge in [0.25, 0.3) is 0 Å². The summed E-state index contributed by atoms with van der Waals surface area (Å²) in [5.41, 5.74) is 9.31. The topological polar surface area (TPSA) is 26.0 Å². The Balaban J connectivity index is 2.86. The second kappa shape index (κ2) is 5.88. The Labute approximate surface area is 113 Å². The van der Waals surface area contributed by atoms with Crippen LogP contribution in [0.1, 0.15) is 58.6 Å². The molecule has 1 heteroatoms.